The predicted molar refractivity (Wildman–Crippen MR) is 56.6 cm³/mol. The van der Waals surface area contributed by atoms with Crippen LogP contribution in [0.15, 0.2) is 24.3 Å². The Morgan fingerprint density at radius 3 is 2.79 bits per heavy atom. The molecule has 3 heteroatoms. The molecule has 1 saturated carbocycles. The fourth-order valence-corrected chi connectivity index (χ4v) is 1.59. The summed E-state index contributed by atoms with van der Waals surface area (Å²) in [6.45, 7) is 0.614. The highest BCUT2D eigenvalue weighted by Crippen LogP contribution is 2.22. The molecule has 2 rings (SSSR count). The maximum Gasteiger partial charge on any atom is 0.0731 e. The Bertz CT molecular complexity index is 314. The summed E-state index contributed by atoms with van der Waals surface area (Å²) in [5.74, 6) is 0. The highest BCUT2D eigenvalue weighted by molar-refractivity contribution is 5.40. The van der Waals surface area contributed by atoms with Crippen molar-refractivity contribution in [2.75, 3.05) is 5.73 Å². The minimum atomic E-state index is 0.232. The van der Waals surface area contributed by atoms with Gasteiger partial charge in [-0.2, -0.15) is 0 Å². The van der Waals surface area contributed by atoms with Gasteiger partial charge in [-0.25, -0.2) is 0 Å². The highest BCUT2D eigenvalue weighted by Gasteiger charge is 2.27. The summed E-state index contributed by atoms with van der Waals surface area (Å²) >= 11 is 0. The minimum Gasteiger partial charge on any atom is -0.399 e. The average molecular weight is 192 g/mol. The SMILES string of the molecule is Nc1cccc(CO[C@@H]2CC[C@H]2N)c1. The summed E-state index contributed by atoms with van der Waals surface area (Å²) in [7, 11) is 0. The first-order valence-corrected chi connectivity index (χ1v) is 4.97. The van der Waals surface area contributed by atoms with E-state index in [4.69, 9.17) is 16.2 Å². The van der Waals surface area contributed by atoms with E-state index in [9.17, 15) is 0 Å². The molecule has 0 unspecified atom stereocenters. The third-order valence-corrected chi connectivity index (χ3v) is 2.68. The fraction of sp³-hybridized carbons (Fsp3) is 0.455. The van der Waals surface area contributed by atoms with Gasteiger partial charge in [0.05, 0.1) is 12.7 Å². The summed E-state index contributed by atoms with van der Waals surface area (Å²) in [6, 6.07) is 7.99. The Morgan fingerprint density at radius 1 is 1.36 bits per heavy atom. The number of hydrogen-bond acceptors (Lipinski definition) is 3. The molecule has 1 aromatic rings. The molecule has 0 aliphatic heterocycles. The van der Waals surface area contributed by atoms with E-state index in [0.29, 0.717) is 6.61 Å². The standard InChI is InChI=1S/C11H16N2O/c12-9-3-1-2-8(6-9)7-14-11-5-4-10(11)13/h1-3,6,10-11H,4-5,7,12-13H2/t10-,11-/m1/s1. The van der Waals surface area contributed by atoms with E-state index in [0.717, 1.165) is 24.1 Å². The van der Waals surface area contributed by atoms with Crippen LogP contribution in [0.1, 0.15) is 18.4 Å². The third kappa shape index (κ3) is 2.05. The van der Waals surface area contributed by atoms with Crippen LogP contribution >= 0.6 is 0 Å². The number of rotatable bonds is 3. The molecule has 3 nitrogen and oxygen atoms in total. The Hall–Kier alpha value is -1.06. The molecule has 14 heavy (non-hydrogen) atoms. The Kier molecular flexibility index (Phi) is 2.70. The monoisotopic (exact) mass is 192 g/mol. The van der Waals surface area contributed by atoms with E-state index in [1.807, 2.05) is 24.3 Å². The number of benzene rings is 1. The van der Waals surface area contributed by atoms with Crippen LogP contribution in [0.5, 0.6) is 0 Å². The van der Waals surface area contributed by atoms with E-state index >= 15 is 0 Å². The molecule has 0 saturated heterocycles. The van der Waals surface area contributed by atoms with Crippen LogP contribution in [0.3, 0.4) is 0 Å². The van der Waals surface area contributed by atoms with Crippen LogP contribution in [-0.2, 0) is 11.3 Å². The first-order valence-electron chi connectivity index (χ1n) is 4.97. The van der Waals surface area contributed by atoms with Gasteiger partial charge in [0.2, 0.25) is 0 Å². The molecule has 1 aliphatic carbocycles. The first kappa shape index (κ1) is 9.49. The van der Waals surface area contributed by atoms with Crippen molar-refractivity contribution in [2.24, 2.45) is 5.73 Å². The van der Waals surface area contributed by atoms with Crippen LogP contribution in [0.4, 0.5) is 5.69 Å². The maximum absolute atomic E-state index is 5.77. The second-order valence-corrected chi connectivity index (χ2v) is 3.84. The molecule has 1 fully saturated rings. The van der Waals surface area contributed by atoms with Crippen molar-refractivity contribution < 1.29 is 4.74 Å². The van der Waals surface area contributed by atoms with Crippen molar-refractivity contribution in [3.05, 3.63) is 29.8 Å². The number of ether oxygens (including phenoxy) is 1. The van der Waals surface area contributed by atoms with Gasteiger partial charge < -0.3 is 16.2 Å². The molecular weight excluding hydrogens is 176 g/mol. The molecule has 1 aromatic carbocycles. The van der Waals surface area contributed by atoms with Gasteiger partial charge >= 0.3 is 0 Å². The van der Waals surface area contributed by atoms with Crippen LogP contribution in [0.2, 0.25) is 0 Å². The largest absolute Gasteiger partial charge is 0.399 e. The van der Waals surface area contributed by atoms with Crippen LogP contribution in [-0.4, -0.2) is 12.1 Å². The Labute approximate surface area is 84.0 Å². The summed E-state index contributed by atoms with van der Waals surface area (Å²) < 4.78 is 5.65. The van der Waals surface area contributed by atoms with Gasteiger partial charge in [0.1, 0.15) is 0 Å². The van der Waals surface area contributed by atoms with Gasteiger partial charge in [0.25, 0.3) is 0 Å². The van der Waals surface area contributed by atoms with Gasteiger partial charge in [0, 0.05) is 11.7 Å². The highest BCUT2D eigenvalue weighted by atomic mass is 16.5. The number of nitrogen functional groups attached to an aromatic ring is 1. The molecule has 0 aromatic heterocycles. The molecule has 0 spiro atoms. The molecule has 0 heterocycles. The van der Waals surface area contributed by atoms with Crippen molar-refractivity contribution in [1.82, 2.24) is 0 Å². The minimum absolute atomic E-state index is 0.232. The van der Waals surface area contributed by atoms with Crippen molar-refractivity contribution in [2.45, 2.75) is 31.6 Å². The lowest BCUT2D eigenvalue weighted by molar-refractivity contribution is -0.0245. The van der Waals surface area contributed by atoms with Gasteiger partial charge in [-0.3, -0.25) is 0 Å². The average Bonchev–Trinajstić information content (AvgIpc) is 2.16. The summed E-state index contributed by atoms with van der Waals surface area (Å²) in [5.41, 5.74) is 13.3. The molecule has 1 aliphatic rings. The number of anilines is 1. The summed E-state index contributed by atoms with van der Waals surface area (Å²) in [5, 5.41) is 0. The van der Waals surface area contributed by atoms with Crippen molar-refractivity contribution in [1.29, 1.82) is 0 Å². The summed E-state index contributed by atoms with van der Waals surface area (Å²) in [4.78, 5) is 0. The van der Waals surface area contributed by atoms with Gasteiger partial charge in [-0.15, -0.1) is 0 Å². The Morgan fingerprint density at radius 2 is 2.21 bits per heavy atom. The molecule has 4 N–H and O–H groups in total. The summed E-state index contributed by atoms with van der Waals surface area (Å²) in [6.07, 6.45) is 2.42. The van der Waals surface area contributed by atoms with E-state index in [2.05, 4.69) is 0 Å². The van der Waals surface area contributed by atoms with E-state index < -0.39 is 0 Å². The lowest BCUT2D eigenvalue weighted by Gasteiger charge is -2.33. The molecule has 0 radical (unpaired) electrons. The maximum atomic E-state index is 5.77. The van der Waals surface area contributed by atoms with E-state index in [-0.39, 0.29) is 12.1 Å². The van der Waals surface area contributed by atoms with Crippen LogP contribution < -0.4 is 11.5 Å². The van der Waals surface area contributed by atoms with Crippen molar-refractivity contribution in [3.8, 4) is 0 Å². The second-order valence-electron chi connectivity index (χ2n) is 3.84. The smallest absolute Gasteiger partial charge is 0.0731 e. The van der Waals surface area contributed by atoms with Crippen molar-refractivity contribution in [3.63, 3.8) is 0 Å². The predicted octanol–water partition coefficient (Wildman–Crippen LogP) is 1.28. The molecular formula is C11H16N2O. The zero-order chi connectivity index (χ0) is 9.97. The second kappa shape index (κ2) is 3.98. The fourth-order valence-electron chi connectivity index (χ4n) is 1.59. The zero-order valence-corrected chi connectivity index (χ0v) is 8.15. The van der Waals surface area contributed by atoms with E-state index in [1.54, 1.807) is 0 Å². The normalized spacial score (nSPS) is 25.8. The number of hydrogen-bond donors (Lipinski definition) is 2. The molecule has 76 valence electrons. The van der Waals surface area contributed by atoms with Gasteiger partial charge in [-0.05, 0) is 30.5 Å². The number of nitrogens with two attached hydrogens (primary N) is 2. The van der Waals surface area contributed by atoms with Gasteiger partial charge in [0.15, 0.2) is 0 Å². The van der Waals surface area contributed by atoms with E-state index in [1.165, 1.54) is 0 Å². The topological polar surface area (TPSA) is 61.3 Å². The van der Waals surface area contributed by atoms with Crippen LogP contribution in [0, 0.1) is 0 Å². The molecule has 2 atom stereocenters. The van der Waals surface area contributed by atoms with Crippen LogP contribution in [0.25, 0.3) is 0 Å². The Balaban J connectivity index is 1.85. The third-order valence-electron chi connectivity index (χ3n) is 2.68. The lowest BCUT2D eigenvalue weighted by Crippen LogP contribution is -2.45. The van der Waals surface area contributed by atoms with Crippen molar-refractivity contribution >= 4 is 5.69 Å². The quantitative estimate of drug-likeness (QED) is 0.709. The molecule has 0 amide bonds. The van der Waals surface area contributed by atoms with Gasteiger partial charge in [-0.1, -0.05) is 12.1 Å². The lowest BCUT2D eigenvalue weighted by atomic mass is 9.90. The first-order chi connectivity index (χ1) is 6.75. The zero-order valence-electron chi connectivity index (χ0n) is 8.15. The molecule has 0 bridgehead atoms.